The smallest absolute Gasteiger partial charge is 0.131 e. The highest BCUT2D eigenvalue weighted by Crippen LogP contribution is 2.28. The molecule has 0 fully saturated rings. The fourth-order valence-corrected chi connectivity index (χ4v) is 3.72. The van der Waals surface area contributed by atoms with E-state index in [1.54, 1.807) is 12.5 Å². The van der Waals surface area contributed by atoms with Gasteiger partial charge in [0.2, 0.25) is 0 Å². The third-order valence-electron chi connectivity index (χ3n) is 5.37. The van der Waals surface area contributed by atoms with Gasteiger partial charge in [0.05, 0.1) is 0 Å². The van der Waals surface area contributed by atoms with Crippen molar-refractivity contribution in [3.05, 3.63) is 71.2 Å². The molecule has 2 aromatic heterocycles. The minimum absolute atomic E-state index is 0.572. The number of hydrogen-bond donors (Lipinski definition) is 3. The zero-order valence-corrected chi connectivity index (χ0v) is 16.9. The molecule has 1 aliphatic carbocycles. The minimum Gasteiger partial charge on any atom is -0.383 e. The molecule has 4 N–H and O–H groups in total. The second kappa shape index (κ2) is 8.31. The molecule has 1 aromatic carbocycles. The lowest BCUT2D eigenvalue weighted by Gasteiger charge is -2.15. The highest BCUT2D eigenvalue weighted by molar-refractivity contribution is 5.94. The average molecular weight is 387 g/mol. The second-order valence-electron chi connectivity index (χ2n) is 7.34. The summed E-state index contributed by atoms with van der Waals surface area (Å²) >= 11 is 0. The van der Waals surface area contributed by atoms with Gasteiger partial charge in [0.25, 0.3) is 0 Å². The quantitative estimate of drug-likeness (QED) is 0.577. The van der Waals surface area contributed by atoms with Crippen molar-refractivity contribution in [2.75, 3.05) is 22.9 Å². The van der Waals surface area contributed by atoms with Gasteiger partial charge in [-0.3, -0.25) is 0 Å². The normalized spacial score (nSPS) is 13.4. The Morgan fingerprint density at radius 1 is 0.966 bits per heavy atom. The Balaban J connectivity index is 1.48. The number of nitrogen functional groups attached to an aromatic ring is 1. The molecule has 6 nitrogen and oxygen atoms in total. The number of aromatic nitrogens is 3. The number of fused-ring (bicyclic) bond motifs is 1. The van der Waals surface area contributed by atoms with Crippen molar-refractivity contribution in [3.63, 3.8) is 0 Å². The Kier molecular flexibility index (Phi) is 5.42. The molecule has 148 valence electrons. The molecule has 29 heavy (non-hydrogen) atoms. The number of allylic oxidation sites excluding steroid dienone is 2. The summed E-state index contributed by atoms with van der Waals surface area (Å²) in [5, 5.41) is 8.95. The van der Waals surface area contributed by atoms with Gasteiger partial charge in [-0.25, -0.2) is 15.0 Å². The summed E-state index contributed by atoms with van der Waals surface area (Å²) in [5.74, 6) is 2.18. The number of nitrogens with one attached hydrogen (secondary N) is 2. The van der Waals surface area contributed by atoms with Crippen molar-refractivity contribution in [3.8, 4) is 0 Å². The topological polar surface area (TPSA) is 88.8 Å². The lowest BCUT2D eigenvalue weighted by Crippen LogP contribution is -2.09. The van der Waals surface area contributed by atoms with E-state index in [9.17, 15) is 0 Å². The van der Waals surface area contributed by atoms with Gasteiger partial charge < -0.3 is 16.4 Å². The molecule has 0 saturated carbocycles. The Morgan fingerprint density at radius 3 is 2.52 bits per heavy atom. The third-order valence-corrected chi connectivity index (χ3v) is 5.37. The molecule has 0 aliphatic heterocycles. The van der Waals surface area contributed by atoms with Gasteiger partial charge in [0.1, 0.15) is 23.8 Å². The summed E-state index contributed by atoms with van der Waals surface area (Å²) in [7, 11) is 0. The van der Waals surface area contributed by atoms with Crippen molar-refractivity contribution < 1.29 is 0 Å². The molecular formula is C23H26N6. The Morgan fingerprint density at radius 2 is 1.76 bits per heavy atom. The number of nitrogens with two attached hydrogens (primary N) is 1. The van der Waals surface area contributed by atoms with E-state index in [1.807, 2.05) is 12.1 Å². The van der Waals surface area contributed by atoms with Crippen LogP contribution in [-0.2, 0) is 6.54 Å². The first kappa shape index (κ1) is 18.9. The number of hydrogen-bond acceptors (Lipinski definition) is 6. The number of rotatable bonds is 6. The number of nitrogens with zero attached hydrogens (tertiary/aromatic N) is 3. The van der Waals surface area contributed by atoms with E-state index in [0.717, 1.165) is 41.8 Å². The van der Waals surface area contributed by atoms with Crippen molar-refractivity contribution in [1.29, 1.82) is 0 Å². The summed E-state index contributed by atoms with van der Waals surface area (Å²) in [4.78, 5) is 12.9. The minimum atomic E-state index is 0.572. The van der Waals surface area contributed by atoms with Gasteiger partial charge in [0.15, 0.2) is 0 Å². The number of anilines is 3. The predicted octanol–water partition coefficient (Wildman–Crippen LogP) is 4.52. The van der Waals surface area contributed by atoms with E-state index in [1.165, 1.54) is 22.3 Å². The van der Waals surface area contributed by atoms with Crippen LogP contribution in [0.2, 0.25) is 0 Å². The highest BCUT2D eigenvalue weighted by Gasteiger charge is 2.10. The molecule has 4 rings (SSSR count). The predicted molar refractivity (Wildman–Crippen MR) is 120 cm³/mol. The molecular weight excluding hydrogens is 360 g/mol. The molecule has 0 radical (unpaired) electrons. The van der Waals surface area contributed by atoms with Crippen molar-refractivity contribution in [2.24, 2.45) is 0 Å². The molecule has 2 heterocycles. The van der Waals surface area contributed by atoms with Crippen LogP contribution in [0.5, 0.6) is 0 Å². The summed E-state index contributed by atoms with van der Waals surface area (Å²) in [6.07, 6.45) is 12.2. The van der Waals surface area contributed by atoms with Gasteiger partial charge in [0, 0.05) is 30.7 Å². The lowest BCUT2D eigenvalue weighted by atomic mass is 9.96. The Bertz CT molecular complexity index is 1100. The standard InChI is InChI=1S/C23H26N6/c1-15-10-19-18(8-9-25-23(19)24)16(2)20(15)13-27-22-11-21(28-14-29-22)26-12-17-6-4-3-5-7-17/h4,6-11,14H,3,5,12-13H2,1-2H3,(H2,24,25)(H2,26,27,28,29). The Labute approximate surface area is 171 Å². The number of benzene rings is 1. The lowest BCUT2D eigenvalue weighted by molar-refractivity contribution is 1.00. The van der Waals surface area contributed by atoms with Crippen LogP contribution in [0.1, 0.15) is 29.5 Å². The van der Waals surface area contributed by atoms with Crippen LogP contribution in [0.15, 0.2) is 54.5 Å². The van der Waals surface area contributed by atoms with E-state index < -0.39 is 0 Å². The first-order valence-corrected chi connectivity index (χ1v) is 9.90. The van der Waals surface area contributed by atoms with E-state index in [-0.39, 0.29) is 0 Å². The third kappa shape index (κ3) is 4.21. The zero-order valence-electron chi connectivity index (χ0n) is 16.9. The molecule has 0 spiro atoms. The zero-order chi connectivity index (χ0) is 20.2. The van der Waals surface area contributed by atoms with Gasteiger partial charge in [-0.2, -0.15) is 0 Å². The largest absolute Gasteiger partial charge is 0.383 e. The summed E-state index contributed by atoms with van der Waals surface area (Å²) in [6.45, 7) is 5.68. The van der Waals surface area contributed by atoms with Crippen LogP contribution in [0.3, 0.4) is 0 Å². The van der Waals surface area contributed by atoms with Gasteiger partial charge in [-0.05, 0) is 66.5 Å². The fourth-order valence-electron chi connectivity index (χ4n) is 3.72. The average Bonchev–Trinajstić information content (AvgIpc) is 2.74. The van der Waals surface area contributed by atoms with Crippen LogP contribution in [-0.4, -0.2) is 21.5 Å². The van der Waals surface area contributed by atoms with Crippen molar-refractivity contribution in [2.45, 2.75) is 33.2 Å². The molecule has 0 amide bonds. The fraction of sp³-hybridized carbons (Fsp3) is 0.261. The van der Waals surface area contributed by atoms with E-state index in [4.69, 9.17) is 5.73 Å². The van der Waals surface area contributed by atoms with E-state index in [0.29, 0.717) is 12.4 Å². The van der Waals surface area contributed by atoms with Crippen molar-refractivity contribution in [1.82, 2.24) is 15.0 Å². The van der Waals surface area contributed by atoms with Crippen LogP contribution in [0.4, 0.5) is 17.5 Å². The number of aryl methyl sites for hydroxylation is 2. The maximum atomic E-state index is 6.05. The molecule has 6 heteroatoms. The van der Waals surface area contributed by atoms with Gasteiger partial charge in [-0.15, -0.1) is 0 Å². The first-order chi connectivity index (χ1) is 14.1. The highest BCUT2D eigenvalue weighted by atomic mass is 15.1. The molecule has 1 aliphatic rings. The number of pyridine rings is 1. The van der Waals surface area contributed by atoms with E-state index >= 15 is 0 Å². The van der Waals surface area contributed by atoms with Crippen LogP contribution < -0.4 is 16.4 Å². The second-order valence-corrected chi connectivity index (χ2v) is 7.34. The maximum Gasteiger partial charge on any atom is 0.131 e. The van der Waals surface area contributed by atoms with Crippen LogP contribution in [0, 0.1) is 13.8 Å². The van der Waals surface area contributed by atoms with Crippen LogP contribution >= 0.6 is 0 Å². The maximum absolute atomic E-state index is 6.05. The molecule has 0 atom stereocenters. The van der Waals surface area contributed by atoms with Gasteiger partial charge in [-0.1, -0.05) is 18.2 Å². The first-order valence-electron chi connectivity index (χ1n) is 9.90. The molecule has 0 unspecified atom stereocenters. The monoisotopic (exact) mass is 386 g/mol. The van der Waals surface area contributed by atoms with Crippen molar-refractivity contribution >= 4 is 28.2 Å². The summed E-state index contributed by atoms with van der Waals surface area (Å²) in [6, 6.07) is 6.08. The Hall–Kier alpha value is -3.41. The van der Waals surface area contributed by atoms with Gasteiger partial charge >= 0.3 is 0 Å². The molecule has 0 saturated heterocycles. The molecule has 3 aromatic rings. The van der Waals surface area contributed by atoms with Crippen LogP contribution in [0.25, 0.3) is 10.8 Å². The summed E-state index contributed by atoms with van der Waals surface area (Å²) in [5.41, 5.74) is 11.0. The van der Waals surface area contributed by atoms with E-state index in [2.05, 4.69) is 63.7 Å². The molecule has 0 bridgehead atoms. The SMILES string of the molecule is Cc1cc2c(N)nccc2c(C)c1CNc1cc(NCC2=CCCC=C2)ncn1. The summed E-state index contributed by atoms with van der Waals surface area (Å²) < 4.78 is 0.